The molecule has 0 atom stereocenters. The number of isocyanates is 1. The van der Waals surface area contributed by atoms with Gasteiger partial charge in [-0.15, -0.1) is 13.2 Å². The van der Waals surface area contributed by atoms with Crippen molar-refractivity contribution < 1.29 is 56.5 Å². The van der Waals surface area contributed by atoms with Crippen LogP contribution >= 0.6 is 0 Å². The van der Waals surface area contributed by atoms with Crippen LogP contribution in [-0.4, -0.2) is 101 Å². The van der Waals surface area contributed by atoms with Gasteiger partial charge in [-0.3, -0.25) is 29.1 Å². The molecule has 5 N–H and O–H groups in total. The van der Waals surface area contributed by atoms with Gasteiger partial charge in [0, 0.05) is 56.3 Å². The molecule has 2 saturated carbocycles. The molecule has 4 amide bonds. The summed E-state index contributed by atoms with van der Waals surface area (Å²) in [5.74, 6) is -1.06. The smallest absolute Gasteiger partial charge is 0.481 e. The van der Waals surface area contributed by atoms with Gasteiger partial charge in [0.2, 0.25) is 6.08 Å². The third-order valence-corrected chi connectivity index (χ3v) is 12.8. The Kier molecular flexibility index (Phi) is 25.0. The van der Waals surface area contributed by atoms with Crippen LogP contribution in [0.4, 0.5) is 23.7 Å². The van der Waals surface area contributed by atoms with Crippen LogP contribution in [0.3, 0.4) is 0 Å². The average molecular weight is 1030 g/mol. The summed E-state index contributed by atoms with van der Waals surface area (Å²) < 4.78 is 46.2. The van der Waals surface area contributed by atoms with Crippen molar-refractivity contribution >= 4 is 41.6 Å². The summed E-state index contributed by atoms with van der Waals surface area (Å²) in [7, 11) is 0. The van der Waals surface area contributed by atoms with Gasteiger partial charge in [-0.25, -0.2) is 14.6 Å². The van der Waals surface area contributed by atoms with Crippen LogP contribution in [-0.2, 0) is 32.2 Å². The number of alkyl halides is 3. The first-order valence-corrected chi connectivity index (χ1v) is 25.0. The molecule has 2 fully saturated rings. The largest absolute Gasteiger partial charge is 0.573 e. The van der Waals surface area contributed by atoms with Gasteiger partial charge in [-0.2, -0.15) is 0 Å². The van der Waals surface area contributed by atoms with Crippen molar-refractivity contribution in [2.45, 2.75) is 151 Å². The summed E-state index contributed by atoms with van der Waals surface area (Å²) >= 11 is 0. The second-order valence-corrected chi connectivity index (χ2v) is 20.1. The third-order valence-electron chi connectivity index (χ3n) is 12.8. The predicted octanol–water partition coefficient (Wildman–Crippen LogP) is 9.62. The SMILES string of the molecule is CC(C)(C)C1CCC(N(Cc2ccc(C(=O)NCCC(=O)O)cn2)C(=O)Nc2ccc(OC(F)(F)F)cc2)CC1.CCN=C=O.CCOC(=O)CCNC(=O)c1ccc(CNC2CCC(C(C)(C)C)CC2)nc1. The molecule has 1 aromatic carbocycles. The van der Waals surface area contributed by atoms with Crippen LogP contribution in [0.5, 0.6) is 5.75 Å². The number of urea groups is 1. The first kappa shape index (κ1) is 60.9. The first-order chi connectivity index (χ1) is 34.4. The topological polar surface area (TPSA) is 231 Å². The highest BCUT2D eigenvalue weighted by molar-refractivity contribution is 5.94. The summed E-state index contributed by atoms with van der Waals surface area (Å²) in [6, 6.07) is 11.8. The molecule has 17 nitrogen and oxygen atoms in total. The molecule has 0 aliphatic heterocycles. The normalized spacial score (nSPS) is 17.6. The average Bonchev–Trinajstić information content (AvgIpc) is 3.33. The van der Waals surface area contributed by atoms with Crippen LogP contribution in [0.25, 0.3) is 0 Å². The van der Waals surface area contributed by atoms with Gasteiger partial charge < -0.3 is 40.7 Å². The number of benzene rings is 1. The van der Waals surface area contributed by atoms with Crippen molar-refractivity contribution in [2.24, 2.45) is 27.7 Å². The number of rotatable bonds is 18. The number of hydrogen-bond acceptors (Lipinski definition) is 12. The number of halogens is 3. The zero-order chi connectivity index (χ0) is 54.2. The predicted molar refractivity (Wildman–Crippen MR) is 270 cm³/mol. The lowest BCUT2D eigenvalue weighted by atomic mass is 9.71. The van der Waals surface area contributed by atoms with Crippen molar-refractivity contribution in [1.82, 2.24) is 30.8 Å². The van der Waals surface area contributed by atoms with E-state index >= 15 is 0 Å². The van der Waals surface area contributed by atoms with Crippen molar-refractivity contribution in [3.8, 4) is 5.75 Å². The lowest BCUT2D eigenvalue weighted by Gasteiger charge is -2.41. The molecule has 402 valence electrons. The number of aliphatic imine (C=N–C) groups is 1. The molecule has 0 spiro atoms. The Labute approximate surface area is 427 Å². The fourth-order valence-corrected chi connectivity index (χ4v) is 8.52. The molecule has 3 aromatic rings. The lowest BCUT2D eigenvalue weighted by molar-refractivity contribution is -0.274. The molecule has 20 heteroatoms. The highest BCUT2D eigenvalue weighted by Gasteiger charge is 2.35. The van der Waals surface area contributed by atoms with Gasteiger partial charge in [-0.05, 0) is 136 Å². The molecule has 2 heterocycles. The molecule has 0 bridgehead atoms. The van der Waals surface area contributed by atoms with E-state index in [1.807, 2.05) is 6.07 Å². The van der Waals surface area contributed by atoms with E-state index in [0.717, 1.165) is 56.0 Å². The van der Waals surface area contributed by atoms with Crippen molar-refractivity contribution in [3.63, 3.8) is 0 Å². The Bertz CT molecular complexity index is 2230. The Balaban J connectivity index is 0.000000370. The molecule has 2 aliphatic carbocycles. The van der Waals surface area contributed by atoms with Crippen LogP contribution in [0, 0.1) is 22.7 Å². The third kappa shape index (κ3) is 23.4. The van der Waals surface area contributed by atoms with E-state index in [2.05, 4.69) is 82.5 Å². The highest BCUT2D eigenvalue weighted by Crippen LogP contribution is 2.40. The molecule has 0 unspecified atom stereocenters. The molecular formula is C53H75F3N8O9. The van der Waals surface area contributed by atoms with Crippen LogP contribution in [0.2, 0.25) is 0 Å². The number of amides is 4. The number of hydrogen-bond donors (Lipinski definition) is 5. The molecule has 2 aliphatic rings. The fourth-order valence-electron chi connectivity index (χ4n) is 8.52. The van der Waals surface area contributed by atoms with Gasteiger partial charge in [0.05, 0.1) is 48.5 Å². The minimum Gasteiger partial charge on any atom is -0.481 e. The number of carbonyl (C=O) groups excluding carboxylic acids is 5. The van der Waals surface area contributed by atoms with Gasteiger partial charge in [0.25, 0.3) is 11.8 Å². The maximum atomic E-state index is 13.4. The minimum absolute atomic E-state index is 0.00951. The quantitative estimate of drug-likeness (QED) is 0.0456. The van der Waals surface area contributed by atoms with Crippen LogP contribution in [0.15, 0.2) is 65.9 Å². The number of pyridine rings is 2. The number of anilines is 1. The maximum absolute atomic E-state index is 13.4. The molecule has 5 rings (SSSR count). The summed E-state index contributed by atoms with van der Waals surface area (Å²) in [6.45, 7) is 19.2. The second-order valence-electron chi connectivity index (χ2n) is 20.1. The van der Waals surface area contributed by atoms with Crippen molar-refractivity contribution in [2.75, 3.05) is 31.6 Å². The van der Waals surface area contributed by atoms with E-state index < -0.39 is 24.3 Å². The number of esters is 1. The van der Waals surface area contributed by atoms with Gasteiger partial charge in [0.1, 0.15) is 5.75 Å². The highest BCUT2D eigenvalue weighted by atomic mass is 19.4. The first-order valence-electron chi connectivity index (χ1n) is 25.0. The zero-order valence-corrected chi connectivity index (χ0v) is 43.5. The summed E-state index contributed by atoms with van der Waals surface area (Å²) in [6.07, 6.45) is 7.97. The monoisotopic (exact) mass is 1020 g/mol. The van der Waals surface area contributed by atoms with E-state index in [9.17, 15) is 37.1 Å². The van der Waals surface area contributed by atoms with Gasteiger partial charge in [0.15, 0.2) is 0 Å². The number of nitrogens with zero attached hydrogens (tertiary/aromatic N) is 4. The second kappa shape index (κ2) is 30.0. The number of carboxylic acid groups (broad SMARTS) is 1. The molecule has 2 aromatic heterocycles. The van der Waals surface area contributed by atoms with Crippen LogP contribution < -0.4 is 26.0 Å². The van der Waals surface area contributed by atoms with E-state index in [1.54, 1.807) is 43.1 Å². The molecule has 0 saturated heterocycles. The lowest BCUT2D eigenvalue weighted by Crippen LogP contribution is -2.45. The Morgan fingerprint density at radius 1 is 0.740 bits per heavy atom. The molecule has 73 heavy (non-hydrogen) atoms. The summed E-state index contributed by atoms with van der Waals surface area (Å²) in [4.78, 5) is 82.4. The Morgan fingerprint density at radius 2 is 1.26 bits per heavy atom. The zero-order valence-electron chi connectivity index (χ0n) is 43.5. The van der Waals surface area contributed by atoms with Crippen LogP contribution in [0.1, 0.15) is 152 Å². The fraction of sp³-hybridized carbons (Fsp3) is 0.585. The Hall–Kier alpha value is -6.40. The van der Waals surface area contributed by atoms with Gasteiger partial charge in [-0.1, -0.05) is 41.5 Å². The summed E-state index contributed by atoms with van der Waals surface area (Å²) in [5, 5.41) is 20.3. The Morgan fingerprint density at radius 3 is 1.70 bits per heavy atom. The molecular weight excluding hydrogens is 950 g/mol. The number of aromatic nitrogens is 2. The van der Waals surface area contributed by atoms with E-state index in [-0.39, 0.29) is 67.1 Å². The maximum Gasteiger partial charge on any atom is 0.573 e. The number of nitrogens with one attached hydrogen (secondary N) is 4. The van der Waals surface area contributed by atoms with Crippen molar-refractivity contribution in [1.29, 1.82) is 0 Å². The van der Waals surface area contributed by atoms with E-state index in [0.29, 0.717) is 47.5 Å². The van der Waals surface area contributed by atoms with E-state index in [1.165, 1.54) is 50.1 Å². The van der Waals surface area contributed by atoms with Crippen molar-refractivity contribution in [3.05, 3.63) is 83.4 Å². The number of carboxylic acids is 1. The number of aliphatic carboxylic acids is 1. The molecule has 0 radical (unpaired) electrons. The summed E-state index contributed by atoms with van der Waals surface area (Å²) in [5.41, 5.74) is 3.11. The minimum atomic E-state index is -4.81. The standard InChI is InChI=1S/C28H35F3N4O5.C22H35N3O3.C3H5NO/c1-27(2,3)19-5-10-22(11-6-19)35(26(39)34-20-8-12-23(13-9-20)40-28(29,30)31)17-21-7-4-18(16-33-21)25(38)32-15-14-24(36)37;1-5-28-20(26)12-13-23-21(27)16-6-9-19(24-14-16)15-25-18-10-7-17(8-11-18)22(2,3)4;1-2-4-3-5/h4,7-9,12-13,16,19,22H,5-6,10-11,14-15,17H2,1-3H3,(H,32,38)(H,34,39)(H,36,37);6,9,14,17-18,25H,5,7-8,10-13,15H2,1-4H3,(H,23,27);2H2,1H3. The number of ether oxygens (including phenoxy) is 2. The van der Waals surface area contributed by atoms with E-state index in [4.69, 9.17) is 14.6 Å². The van der Waals surface area contributed by atoms with Gasteiger partial charge >= 0.3 is 24.3 Å². The number of carbonyl (C=O) groups is 5.